The van der Waals surface area contributed by atoms with E-state index < -0.39 is 0 Å². The fourth-order valence-corrected chi connectivity index (χ4v) is 1.94. The van der Waals surface area contributed by atoms with Crippen molar-refractivity contribution in [2.45, 2.75) is 33.6 Å². The Morgan fingerprint density at radius 1 is 1.25 bits per heavy atom. The van der Waals surface area contributed by atoms with Crippen LogP contribution in [0.2, 0.25) is 0 Å². The second kappa shape index (κ2) is 9.40. The van der Waals surface area contributed by atoms with Crippen LogP contribution in [0.1, 0.15) is 33.6 Å². The summed E-state index contributed by atoms with van der Waals surface area (Å²) < 4.78 is 0. The van der Waals surface area contributed by atoms with E-state index in [1.807, 2.05) is 0 Å². The third-order valence-electron chi connectivity index (χ3n) is 1.95. The van der Waals surface area contributed by atoms with Gasteiger partial charge in [0.25, 0.3) is 0 Å². The van der Waals surface area contributed by atoms with E-state index in [0.717, 1.165) is 5.92 Å². The van der Waals surface area contributed by atoms with Crippen molar-refractivity contribution in [3.05, 3.63) is 0 Å². The van der Waals surface area contributed by atoms with Gasteiger partial charge in [-0.15, -0.1) is 0 Å². The summed E-state index contributed by atoms with van der Waals surface area (Å²) in [5.74, 6) is 3.48. The molecule has 1 N–H and O–H groups in total. The molecule has 0 aromatic rings. The predicted molar refractivity (Wildman–Crippen MR) is 59.9 cm³/mol. The Morgan fingerprint density at radius 2 is 2.00 bits per heavy atom. The van der Waals surface area contributed by atoms with Crippen LogP contribution < -0.4 is 5.32 Å². The van der Waals surface area contributed by atoms with Crippen LogP contribution in [0.4, 0.5) is 0 Å². The van der Waals surface area contributed by atoms with Gasteiger partial charge in [0.2, 0.25) is 0 Å². The minimum absolute atomic E-state index is 0.890. The third kappa shape index (κ3) is 8.41. The van der Waals surface area contributed by atoms with Gasteiger partial charge in [0.05, 0.1) is 0 Å². The fraction of sp³-hybridized carbons (Fsp3) is 1.00. The van der Waals surface area contributed by atoms with Crippen LogP contribution in [0.25, 0.3) is 0 Å². The molecule has 0 aromatic carbocycles. The van der Waals surface area contributed by atoms with Crippen LogP contribution in [0.3, 0.4) is 0 Å². The number of nitrogens with one attached hydrogen (secondary N) is 1. The van der Waals surface area contributed by atoms with Crippen LogP contribution in [0.15, 0.2) is 0 Å². The first-order chi connectivity index (χ1) is 5.81. The zero-order chi connectivity index (χ0) is 9.23. The molecule has 0 aliphatic rings. The summed E-state index contributed by atoms with van der Waals surface area (Å²) in [6.45, 7) is 9.14. The molecule has 74 valence electrons. The van der Waals surface area contributed by atoms with Gasteiger partial charge in [-0.25, -0.2) is 0 Å². The first-order valence-corrected chi connectivity index (χ1v) is 6.25. The summed E-state index contributed by atoms with van der Waals surface area (Å²) in [6, 6.07) is 0. The van der Waals surface area contributed by atoms with E-state index in [1.54, 1.807) is 0 Å². The highest BCUT2D eigenvalue weighted by Crippen LogP contribution is 2.09. The zero-order valence-electron chi connectivity index (χ0n) is 8.73. The van der Waals surface area contributed by atoms with E-state index in [-0.39, 0.29) is 0 Å². The lowest BCUT2D eigenvalue weighted by Gasteiger charge is -2.07. The highest BCUT2D eigenvalue weighted by molar-refractivity contribution is 7.99. The van der Waals surface area contributed by atoms with E-state index >= 15 is 0 Å². The van der Waals surface area contributed by atoms with Gasteiger partial charge in [-0.2, -0.15) is 11.8 Å². The molecule has 1 atom stereocenters. The van der Waals surface area contributed by atoms with E-state index in [2.05, 4.69) is 37.8 Å². The van der Waals surface area contributed by atoms with Gasteiger partial charge in [-0.05, 0) is 24.6 Å². The average molecular weight is 189 g/mol. The fourth-order valence-electron chi connectivity index (χ4n) is 0.848. The Hall–Kier alpha value is 0.310. The quantitative estimate of drug-likeness (QED) is 0.589. The van der Waals surface area contributed by atoms with Crippen LogP contribution in [-0.2, 0) is 0 Å². The maximum atomic E-state index is 3.41. The van der Waals surface area contributed by atoms with Gasteiger partial charge in [0.1, 0.15) is 0 Å². The molecule has 0 saturated heterocycles. The Balaban J connectivity index is 2.90. The van der Waals surface area contributed by atoms with E-state index in [0.29, 0.717) is 0 Å². The number of thioether (sulfide) groups is 1. The van der Waals surface area contributed by atoms with E-state index in [4.69, 9.17) is 0 Å². The Bertz CT molecular complexity index is 85.9. The van der Waals surface area contributed by atoms with Crippen molar-refractivity contribution in [2.24, 2.45) is 5.92 Å². The monoisotopic (exact) mass is 189 g/mol. The molecule has 0 radical (unpaired) electrons. The molecule has 0 aromatic heterocycles. The first-order valence-electron chi connectivity index (χ1n) is 5.09. The highest BCUT2D eigenvalue weighted by Gasteiger charge is 1.97. The molecule has 2 heteroatoms. The summed E-state index contributed by atoms with van der Waals surface area (Å²) in [4.78, 5) is 0. The summed E-state index contributed by atoms with van der Waals surface area (Å²) in [7, 11) is 0. The highest BCUT2D eigenvalue weighted by atomic mass is 32.2. The lowest BCUT2D eigenvalue weighted by atomic mass is 10.2. The maximum absolute atomic E-state index is 3.41. The molecule has 0 amide bonds. The lowest BCUT2D eigenvalue weighted by molar-refractivity contribution is 0.636. The van der Waals surface area contributed by atoms with Gasteiger partial charge < -0.3 is 5.32 Å². The normalized spacial score (nSPS) is 13.2. The summed E-state index contributed by atoms with van der Waals surface area (Å²) in [5, 5.41) is 3.41. The zero-order valence-corrected chi connectivity index (χ0v) is 9.54. The lowest BCUT2D eigenvalue weighted by Crippen LogP contribution is -2.18. The Kier molecular flexibility index (Phi) is 9.64. The summed E-state index contributed by atoms with van der Waals surface area (Å²) in [6.07, 6.45) is 2.56. The smallest absolute Gasteiger partial charge is 0.00582 e. The second-order valence-corrected chi connectivity index (χ2v) is 4.49. The number of rotatable bonds is 8. The number of hydrogen-bond acceptors (Lipinski definition) is 2. The summed E-state index contributed by atoms with van der Waals surface area (Å²) in [5.41, 5.74) is 0. The van der Waals surface area contributed by atoms with Gasteiger partial charge in [-0.1, -0.05) is 27.2 Å². The first kappa shape index (κ1) is 12.3. The molecular formula is C10H23NS. The summed E-state index contributed by atoms with van der Waals surface area (Å²) >= 11 is 2.07. The second-order valence-electron chi connectivity index (χ2n) is 3.34. The molecule has 0 bridgehead atoms. The molecule has 12 heavy (non-hydrogen) atoms. The molecule has 0 rings (SSSR count). The molecule has 1 nitrogen and oxygen atoms in total. The SMILES string of the molecule is CCCNCCSCC(C)CC. The molecule has 0 spiro atoms. The molecular weight excluding hydrogens is 166 g/mol. The van der Waals surface area contributed by atoms with Crippen LogP contribution in [0.5, 0.6) is 0 Å². The standard InChI is InChI=1S/C10H23NS/c1-4-6-11-7-8-12-9-10(3)5-2/h10-11H,4-9H2,1-3H3. The Labute approximate surface area is 81.7 Å². The van der Waals surface area contributed by atoms with Crippen molar-refractivity contribution in [3.8, 4) is 0 Å². The third-order valence-corrected chi connectivity index (χ3v) is 3.25. The average Bonchev–Trinajstić information content (AvgIpc) is 2.10. The molecule has 0 fully saturated rings. The molecule has 0 heterocycles. The maximum Gasteiger partial charge on any atom is 0.00582 e. The van der Waals surface area contributed by atoms with Crippen molar-refractivity contribution in [1.29, 1.82) is 0 Å². The molecule has 0 saturated carbocycles. The topological polar surface area (TPSA) is 12.0 Å². The number of hydrogen-bond donors (Lipinski definition) is 1. The van der Waals surface area contributed by atoms with Crippen molar-refractivity contribution in [3.63, 3.8) is 0 Å². The minimum atomic E-state index is 0.890. The van der Waals surface area contributed by atoms with E-state index in [1.165, 1.54) is 37.4 Å². The van der Waals surface area contributed by atoms with Crippen LogP contribution >= 0.6 is 11.8 Å². The predicted octanol–water partition coefficient (Wildman–Crippen LogP) is 2.77. The minimum Gasteiger partial charge on any atom is -0.316 e. The van der Waals surface area contributed by atoms with Gasteiger partial charge in [-0.3, -0.25) is 0 Å². The van der Waals surface area contributed by atoms with Gasteiger partial charge in [0.15, 0.2) is 0 Å². The van der Waals surface area contributed by atoms with Gasteiger partial charge in [0, 0.05) is 12.3 Å². The van der Waals surface area contributed by atoms with Crippen molar-refractivity contribution < 1.29 is 0 Å². The van der Waals surface area contributed by atoms with Crippen molar-refractivity contribution >= 4 is 11.8 Å². The van der Waals surface area contributed by atoms with Crippen LogP contribution in [-0.4, -0.2) is 24.6 Å². The Morgan fingerprint density at radius 3 is 2.58 bits per heavy atom. The largest absolute Gasteiger partial charge is 0.316 e. The molecule has 0 aliphatic carbocycles. The van der Waals surface area contributed by atoms with Crippen molar-refractivity contribution in [1.82, 2.24) is 5.32 Å². The molecule has 1 unspecified atom stereocenters. The van der Waals surface area contributed by atoms with Crippen LogP contribution in [0, 0.1) is 5.92 Å². The van der Waals surface area contributed by atoms with E-state index in [9.17, 15) is 0 Å². The van der Waals surface area contributed by atoms with Crippen molar-refractivity contribution in [2.75, 3.05) is 24.6 Å². The van der Waals surface area contributed by atoms with Gasteiger partial charge >= 0.3 is 0 Å². The molecule has 0 aliphatic heterocycles.